The maximum Gasteiger partial charge on any atom is 0.337 e. The third kappa shape index (κ3) is 5.39. The number of urea groups is 1. The number of benzene rings is 1. The molecular formula is C13H17N3O5. The van der Waals surface area contributed by atoms with Crippen LogP contribution in [0.3, 0.4) is 0 Å². The molecular weight excluding hydrogens is 278 g/mol. The Kier molecular flexibility index (Phi) is 5.99. The topological polar surface area (TPSA) is 128 Å². The van der Waals surface area contributed by atoms with Crippen LogP contribution in [0.5, 0.6) is 5.75 Å². The normalized spacial score (nSPS) is 9.76. The number of anilines is 1. The molecule has 0 radical (unpaired) electrons. The molecule has 0 bridgehead atoms. The molecule has 8 nitrogen and oxygen atoms in total. The number of aromatic hydroxyl groups is 1. The third-order valence-electron chi connectivity index (χ3n) is 2.46. The van der Waals surface area contributed by atoms with Gasteiger partial charge in [0.1, 0.15) is 5.75 Å². The molecule has 8 heteroatoms. The summed E-state index contributed by atoms with van der Waals surface area (Å²) in [4.78, 5) is 33.9. The van der Waals surface area contributed by atoms with Crippen LogP contribution in [0.4, 0.5) is 10.5 Å². The van der Waals surface area contributed by atoms with Gasteiger partial charge in [-0.2, -0.15) is 0 Å². The van der Waals surface area contributed by atoms with Gasteiger partial charge >= 0.3 is 12.0 Å². The van der Waals surface area contributed by atoms with Crippen molar-refractivity contribution in [1.82, 2.24) is 10.6 Å². The summed E-state index contributed by atoms with van der Waals surface area (Å²) in [5.74, 6) is -1.85. The first-order valence-electron chi connectivity index (χ1n) is 6.32. The molecule has 0 aliphatic heterocycles. The lowest BCUT2D eigenvalue weighted by molar-refractivity contribution is -0.120. The van der Waals surface area contributed by atoms with Gasteiger partial charge in [0, 0.05) is 6.54 Å². The van der Waals surface area contributed by atoms with Crippen molar-refractivity contribution >= 4 is 23.6 Å². The molecule has 5 N–H and O–H groups in total. The second-order valence-electron chi connectivity index (χ2n) is 4.19. The van der Waals surface area contributed by atoms with Gasteiger partial charge < -0.3 is 26.2 Å². The van der Waals surface area contributed by atoms with Gasteiger partial charge in [-0.05, 0) is 24.6 Å². The van der Waals surface area contributed by atoms with E-state index in [1.165, 1.54) is 12.1 Å². The molecule has 21 heavy (non-hydrogen) atoms. The number of carboxylic acid groups (broad SMARTS) is 1. The van der Waals surface area contributed by atoms with Crippen molar-refractivity contribution < 1.29 is 24.6 Å². The molecule has 0 aromatic heterocycles. The second kappa shape index (κ2) is 7.73. The highest BCUT2D eigenvalue weighted by Crippen LogP contribution is 2.21. The second-order valence-corrected chi connectivity index (χ2v) is 4.19. The molecule has 0 saturated heterocycles. The van der Waals surface area contributed by atoms with E-state index in [1.54, 1.807) is 0 Å². The summed E-state index contributed by atoms with van der Waals surface area (Å²) in [6.45, 7) is 2.20. The van der Waals surface area contributed by atoms with E-state index in [0.717, 1.165) is 12.5 Å². The molecule has 0 fully saturated rings. The molecule has 0 aliphatic rings. The number of nitrogens with one attached hydrogen (secondary N) is 3. The first-order chi connectivity index (χ1) is 9.93. The molecule has 114 valence electrons. The summed E-state index contributed by atoms with van der Waals surface area (Å²) >= 11 is 0. The highest BCUT2D eigenvalue weighted by molar-refractivity contribution is 6.01. The Hall–Kier alpha value is -2.77. The first kappa shape index (κ1) is 16.3. The largest absolute Gasteiger partial charge is 0.508 e. The number of amides is 3. The van der Waals surface area contributed by atoms with Gasteiger partial charge in [0.15, 0.2) is 0 Å². The molecule has 0 atom stereocenters. The molecule has 0 saturated carbocycles. The number of phenolic OH excluding ortho intramolecular Hbond substituents is 1. The summed E-state index contributed by atoms with van der Waals surface area (Å²) in [5, 5.41) is 25.4. The van der Waals surface area contributed by atoms with Crippen LogP contribution in [0.25, 0.3) is 0 Å². The Morgan fingerprint density at radius 2 is 1.90 bits per heavy atom. The van der Waals surface area contributed by atoms with Crippen LogP contribution in [-0.4, -0.2) is 41.2 Å². The predicted molar refractivity (Wildman–Crippen MR) is 75.4 cm³/mol. The van der Waals surface area contributed by atoms with E-state index in [4.69, 9.17) is 5.11 Å². The average Bonchev–Trinajstić information content (AvgIpc) is 2.44. The van der Waals surface area contributed by atoms with Crippen LogP contribution >= 0.6 is 0 Å². The standard InChI is InChI=1S/C13H17N3O5/c1-2-5-14-11(18)7-15-13(21)16-10-4-3-8(17)6-9(10)12(19)20/h3-4,6,17H,2,5,7H2,1H3,(H,14,18)(H,19,20)(H2,15,16,21). The summed E-state index contributed by atoms with van der Waals surface area (Å²) in [7, 11) is 0. The fourth-order valence-corrected chi connectivity index (χ4v) is 1.47. The molecule has 1 aromatic rings. The van der Waals surface area contributed by atoms with Crippen LogP contribution in [0.1, 0.15) is 23.7 Å². The Morgan fingerprint density at radius 1 is 1.19 bits per heavy atom. The van der Waals surface area contributed by atoms with Crippen molar-refractivity contribution in [2.24, 2.45) is 0 Å². The van der Waals surface area contributed by atoms with Gasteiger partial charge in [0.25, 0.3) is 0 Å². The fourth-order valence-electron chi connectivity index (χ4n) is 1.47. The number of phenols is 1. The highest BCUT2D eigenvalue weighted by Gasteiger charge is 2.13. The van der Waals surface area contributed by atoms with E-state index >= 15 is 0 Å². The summed E-state index contributed by atoms with van der Waals surface area (Å²) in [6.07, 6.45) is 0.785. The van der Waals surface area contributed by atoms with E-state index < -0.39 is 12.0 Å². The third-order valence-corrected chi connectivity index (χ3v) is 2.46. The molecule has 0 aliphatic carbocycles. The number of aromatic carboxylic acids is 1. The zero-order valence-electron chi connectivity index (χ0n) is 11.5. The minimum atomic E-state index is -1.29. The van der Waals surface area contributed by atoms with Crippen LogP contribution in [0.15, 0.2) is 18.2 Å². The molecule has 1 aromatic carbocycles. The van der Waals surface area contributed by atoms with Crippen LogP contribution < -0.4 is 16.0 Å². The van der Waals surface area contributed by atoms with Crippen molar-refractivity contribution in [2.75, 3.05) is 18.4 Å². The number of carbonyl (C=O) groups is 3. The van der Waals surface area contributed by atoms with Gasteiger partial charge in [-0.25, -0.2) is 9.59 Å². The van der Waals surface area contributed by atoms with Crippen molar-refractivity contribution in [3.05, 3.63) is 23.8 Å². The van der Waals surface area contributed by atoms with Gasteiger partial charge in [-0.1, -0.05) is 6.92 Å². The quantitative estimate of drug-likeness (QED) is 0.494. The minimum absolute atomic E-state index is 0.0202. The lowest BCUT2D eigenvalue weighted by atomic mass is 10.1. The van der Waals surface area contributed by atoms with Crippen LogP contribution in [0.2, 0.25) is 0 Å². The molecule has 3 amide bonds. The maximum atomic E-state index is 11.6. The lowest BCUT2D eigenvalue weighted by Gasteiger charge is -2.10. The van der Waals surface area contributed by atoms with Crippen molar-refractivity contribution in [3.63, 3.8) is 0 Å². The highest BCUT2D eigenvalue weighted by atomic mass is 16.4. The Labute approximate surface area is 121 Å². The van der Waals surface area contributed by atoms with E-state index in [2.05, 4.69) is 16.0 Å². The van der Waals surface area contributed by atoms with Gasteiger partial charge in [-0.3, -0.25) is 4.79 Å². The van der Waals surface area contributed by atoms with E-state index in [9.17, 15) is 19.5 Å². The van der Waals surface area contributed by atoms with Gasteiger partial charge in [0.05, 0.1) is 17.8 Å². The zero-order valence-corrected chi connectivity index (χ0v) is 11.5. The molecule has 0 heterocycles. The van der Waals surface area contributed by atoms with Crippen molar-refractivity contribution in [2.45, 2.75) is 13.3 Å². The molecule has 0 spiro atoms. The van der Waals surface area contributed by atoms with Crippen LogP contribution in [0, 0.1) is 0 Å². The van der Waals surface area contributed by atoms with Crippen LogP contribution in [-0.2, 0) is 4.79 Å². The average molecular weight is 295 g/mol. The van der Waals surface area contributed by atoms with Crippen molar-refractivity contribution in [3.8, 4) is 5.75 Å². The van der Waals surface area contributed by atoms with E-state index in [1.807, 2.05) is 6.92 Å². The van der Waals surface area contributed by atoms with E-state index in [-0.39, 0.29) is 29.5 Å². The number of rotatable bonds is 6. The zero-order chi connectivity index (χ0) is 15.8. The fraction of sp³-hybridized carbons (Fsp3) is 0.308. The molecule has 0 unspecified atom stereocenters. The van der Waals surface area contributed by atoms with Crippen molar-refractivity contribution in [1.29, 1.82) is 0 Å². The Morgan fingerprint density at radius 3 is 2.52 bits per heavy atom. The number of carboxylic acids is 1. The monoisotopic (exact) mass is 295 g/mol. The summed E-state index contributed by atoms with van der Waals surface area (Å²) in [6, 6.07) is 2.81. The van der Waals surface area contributed by atoms with Gasteiger partial charge in [0.2, 0.25) is 5.91 Å². The summed E-state index contributed by atoms with van der Waals surface area (Å²) < 4.78 is 0. The SMILES string of the molecule is CCCNC(=O)CNC(=O)Nc1ccc(O)cc1C(=O)O. The first-order valence-corrected chi connectivity index (χ1v) is 6.32. The Bertz CT molecular complexity index is 545. The lowest BCUT2D eigenvalue weighted by Crippen LogP contribution is -2.39. The Balaban J connectivity index is 2.59. The minimum Gasteiger partial charge on any atom is -0.508 e. The predicted octanol–water partition coefficient (Wildman–Crippen LogP) is 0.738. The molecule has 1 rings (SSSR count). The van der Waals surface area contributed by atoms with Gasteiger partial charge in [-0.15, -0.1) is 0 Å². The van der Waals surface area contributed by atoms with E-state index in [0.29, 0.717) is 6.54 Å². The smallest absolute Gasteiger partial charge is 0.337 e. The summed E-state index contributed by atoms with van der Waals surface area (Å²) in [5.41, 5.74) is -0.229. The number of hydrogen-bond donors (Lipinski definition) is 5. The maximum absolute atomic E-state index is 11.6. The number of hydrogen-bond acceptors (Lipinski definition) is 4. The number of carbonyl (C=O) groups excluding carboxylic acids is 2.